The van der Waals surface area contributed by atoms with Gasteiger partial charge in [-0.15, -0.1) is 12.4 Å². The Morgan fingerprint density at radius 2 is 2.19 bits per heavy atom. The predicted octanol–water partition coefficient (Wildman–Crippen LogP) is 2.33. The van der Waals surface area contributed by atoms with Gasteiger partial charge in [-0.05, 0) is 18.6 Å². The molecule has 2 aromatic rings. The molecular weight excluding hydrogens is 311 g/mol. The standard InChI is InChI=1S/C14H15ClN4O.ClH/c15-11-4-2-1-3-10(11)12-7-13(18-17-12)14(20)19-6-5-9(16)8-19;/h1-4,7,9H,5-6,8,16H2,(H,17,18);1H/t9-;/m1./s1. The van der Waals surface area contributed by atoms with Crippen LogP contribution in [-0.4, -0.2) is 40.1 Å². The molecule has 1 saturated heterocycles. The Morgan fingerprint density at radius 1 is 1.43 bits per heavy atom. The van der Waals surface area contributed by atoms with Crippen molar-refractivity contribution in [2.24, 2.45) is 5.73 Å². The Balaban J connectivity index is 0.00000161. The first-order chi connectivity index (χ1) is 9.65. The van der Waals surface area contributed by atoms with Gasteiger partial charge in [0.15, 0.2) is 0 Å². The molecule has 5 nitrogen and oxygen atoms in total. The van der Waals surface area contributed by atoms with Crippen LogP contribution in [0.4, 0.5) is 0 Å². The van der Waals surface area contributed by atoms with Crippen LogP contribution in [0.2, 0.25) is 5.02 Å². The second kappa shape index (κ2) is 6.47. The molecule has 1 amide bonds. The lowest BCUT2D eigenvalue weighted by Crippen LogP contribution is -2.32. The molecule has 7 heteroatoms. The van der Waals surface area contributed by atoms with Crippen molar-refractivity contribution in [2.45, 2.75) is 12.5 Å². The molecule has 0 radical (unpaired) electrons. The van der Waals surface area contributed by atoms with E-state index in [0.29, 0.717) is 29.5 Å². The van der Waals surface area contributed by atoms with Crippen LogP contribution in [0.15, 0.2) is 30.3 Å². The summed E-state index contributed by atoms with van der Waals surface area (Å²) in [5, 5.41) is 7.57. The number of aromatic nitrogens is 2. The maximum atomic E-state index is 12.3. The van der Waals surface area contributed by atoms with Gasteiger partial charge in [-0.1, -0.05) is 29.8 Å². The van der Waals surface area contributed by atoms with Crippen molar-refractivity contribution >= 4 is 29.9 Å². The molecule has 2 heterocycles. The summed E-state index contributed by atoms with van der Waals surface area (Å²) in [6.45, 7) is 1.29. The second-order valence-electron chi connectivity index (χ2n) is 4.95. The Bertz CT molecular complexity index is 643. The normalized spacial score (nSPS) is 17.6. The first-order valence-electron chi connectivity index (χ1n) is 6.50. The van der Waals surface area contributed by atoms with E-state index in [4.69, 9.17) is 17.3 Å². The van der Waals surface area contributed by atoms with Crippen LogP contribution in [0.3, 0.4) is 0 Å². The fourth-order valence-corrected chi connectivity index (χ4v) is 2.61. The van der Waals surface area contributed by atoms with Crippen LogP contribution in [0.5, 0.6) is 0 Å². The number of nitrogens with two attached hydrogens (primary N) is 1. The molecule has 21 heavy (non-hydrogen) atoms. The number of benzene rings is 1. The van der Waals surface area contributed by atoms with Crippen molar-refractivity contribution in [2.75, 3.05) is 13.1 Å². The fraction of sp³-hybridized carbons (Fsp3) is 0.286. The molecule has 1 fully saturated rings. The van der Waals surface area contributed by atoms with Crippen LogP contribution < -0.4 is 5.73 Å². The number of hydrogen-bond acceptors (Lipinski definition) is 3. The summed E-state index contributed by atoms with van der Waals surface area (Å²) in [4.78, 5) is 14.0. The monoisotopic (exact) mass is 326 g/mol. The van der Waals surface area contributed by atoms with Crippen LogP contribution in [0.1, 0.15) is 16.9 Å². The lowest BCUT2D eigenvalue weighted by molar-refractivity contribution is 0.0785. The third-order valence-corrected chi connectivity index (χ3v) is 3.80. The van der Waals surface area contributed by atoms with Crippen molar-refractivity contribution < 1.29 is 4.79 Å². The van der Waals surface area contributed by atoms with E-state index in [1.54, 1.807) is 17.0 Å². The number of hydrogen-bond donors (Lipinski definition) is 2. The summed E-state index contributed by atoms with van der Waals surface area (Å²) in [5.41, 5.74) is 7.76. The zero-order valence-corrected chi connectivity index (χ0v) is 12.8. The molecule has 3 N–H and O–H groups in total. The molecule has 0 saturated carbocycles. The highest BCUT2D eigenvalue weighted by Crippen LogP contribution is 2.26. The summed E-state index contributed by atoms with van der Waals surface area (Å²) in [6.07, 6.45) is 0.844. The molecule has 3 rings (SSSR count). The Kier molecular flexibility index (Phi) is 4.88. The largest absolute Gasteiger partial charge is 0.336 e. The Labute approximate surface area is 133 Å². The number of likely N-dealkylation sites (tertiary alicyclic amines) is 1. The van der Waals surface area contributed by atoms with Gasteiger partial charge in [0, 0.05) is 24.7 Å². The van der Waals surface area contributed by atoms with Gasteiger partial charge in [-0.3, -0.25) is 9.89 Å². The van der Waals surface area contributed by atoms with E-state index < -0.39 is 0 Å². The third kappa shape index (κ3) is 3.20. The maximum absolute atomic E-state index is 12.3. The smallest absolute Gasteiger partial charge is 0.271 e. The molecular formula is C14H16Cl2N4O. The summed E-state index contributed by atoms with van der Waals surface area (Å²) in [7, 11) is 0. The van der Waals surface area contributed by atoms with E-state index in [0.717, 1.165) is 12.0 Å². The fourth-order valence-electron chi connectivity index (χ4n) is 2.38. The average molecular weight is 327 g/mol. The molecule has 1 aromatic heterocycles. The van der Waals surface area contributed by atoms with Gasteiger partial charge in [-0.25, -0.2) is 0 Å². The van der Waals surface area contributed by atoms with E-state index in [-0.39, 0.29) is 24.4 Å². The van der Waals surface area contributed by atoms with Crippen molar-refractivity contribution in [1.29, 1.82) is 0 Å². The SMILES string of the molecule is Cl.N[C@@H]1CCN(C(=O)c2cc(-c3ccccc3Cl)n[nH]2)C1. The van der Waals surface area contributed by atoms with E-state index in [1.165, 1.54) is 0 Å². The molecule has 112 valence electrons. The van der Waals surface area contributed by atoms with Crippen molar-refractivity contribution in [1.82, 2.24) is 15.1 Å². The van der Waals surface area contributed by atoms with Gasteiger partial charge < -0.3 is 10.6 Å². The van der Waals surface area contributed by atoms with Crippen LogP contribution in [0.25, 0.3) is 11.3 Å². The summed E-state index contributed by atoms with van der Waals surface area (Å²) in [5.74, 6) is -0.0660. The lowest BCUT2D eigenvalue weighted by Gasteiger charge is -2.13. The zero-order valence-electron chi connectivity index (χ0n) is 11.3. The highest BCUT2D eigenvalue weighted by Gasteiger charge is 2.25. The number of carbonyl (C=O) groups is 1. The van der Waals surface area contributed by atoms with Crippen molar-refractivity contribution in [3.63, 3.8) is 0 Å². The third-order valence-electron chi connectivity index (χ3n) is 3.47. The summed E-state index contributed by atoms with van der Waals surface area (Å²) in [6, 6.07) is 9.22. The molecule has 0 unspecified atom stereocenters. The van der Waals surface area contributed by atoms with Gasteiger partial charge in [-0.2, -0.15) is 5.10 Å². The van der Waals surface area contributed by atoms with Gasteiger partial charge in [0.1, 0.15) is 5.69 Å². The number of carbonyl (C=O) groups excluding carboxylic acids is 1. The topological polar surface area (TPSA) is 75.0 Å². The highest BCUT2D eigenvalue weighted by atomic mass is 35.5. The minimum Gasteiger partial charge on any atom is -0.336 e. The average Bonchev–Trinajstić information content (AvgIpc) is 3.07. The number of halogens is 2. The van der Waals surface area contributed by atoms with Gasteiger partial charge in [0.05, 0.1) is 10.7 Å². The molecule has 0 aliphatic carbocycles. The molecule has 0 spiro atoms. The van der Waals surface area contributed by atoms with E-state index in [9.17, 15) is 4.79 Å². The zero-order chi connectivity index (χ0) is 14.1. The second-order valence-corrected chi connectivity index (χ2v) is 5.35. The van der Waals surface area contributed by atoms with Gasteiger partial charge in [0.2, 0.25) is 0 Å². The van der Waals surface area contributed by atoms with Gasteiger partial charge >= 0.3 is 0 Å². The summed E-state index contributed by atoms with van der Waals surface area (Å²) >= 11 is 6.13. The summed E-state index contributed by atoms with van der Waals surface area (Å²) < 4.78 is 0. The number of rotatable bonds is 2. The minimum absolute atomic E-state index is 0. The molecule has 1 aliphatic rings. The number of amides is 1. The number of nitrogens with one attached hydrogen (secondary N) is 1. The minimum atomic E-state index is -0.0660. The maximum Gasteiger partial charge on any atom is 0.271 e. The predicted molar refractivity (Wildman–Crippen MR) is 84.8 cm³/mol. The number of nitrogens with zero attached hydrogens (tertiary/aromatic N) is 2. The van der Waals surface area contributed by atoms with E-state index >= 15 is 0 Å². The first kappa shape index (κ1) is 15.8. The number of H-pyrrole nitrogens is 1. The van der Waals surface area contributed by atoms with Crippen molar-refractivity contribution in [3.05, 3.63) is 41.0 Å². The van der Waals surface area contributed by atoms with Crippen LogP contribution in [-0.2, 0) is 0 Å². The lowest BCUT2D eigenvalue weighted by atomic mass is 10.1. The molecule has 1 aromatic carbocycles. The first-order valence-corrected chi connectivity index (χ1v) is 6.88. The quantitative estimate of drug-likeness (QED) is 0.889. The highest BCUT2D eigenvalue weighted by molar-refractivity contribution is 6.33. The molecule has 1 aliphatic heterocycles. The van der Waals surface area contributed by atoms with E-state index in [1.807, 2.05) is 18.2 Å². The Hall–Kier alpha value is -1.56. The van der Waals surface area contributed by atoms with Crippen LogP contribution >= 0.6 is 24.0 Å². The van der Waals surface area contributed by atoms with Crippen LogP contribution in [0, 0.1) is 0 Å². The molecule has 1 atom stereocenters. The number of aromatic amines is 1. The van der Waals surface area contributed by atoms with Gasteiger partial charge in [0.25, 0.3) is 5.91 Å². The van der Waals surface area contributed by atoms with E-state index in [2.05, 4.69) is 10.2 Å². The molecule has 0 bridgehead atoms. The Morgan fingerprint density at radius 3 is 2.86 bits per heavy atom. The van der Waals surface area contributed by atoms with Crippen molar-refractivity contribution in [3.8, 4) is 11.3 Å².